The highest BCUT2D eigenvalue weighted by molar-refractivity contribution is 9.11. The van der Waals surface area contributed by atoms with Crippen molar-refractivity contribution in [1.29, 1.82) is 0 Å². The van der Waals surface area contributed by atoms with Crippen molar-refractivity contribution in [3.05, 3.63) is 45.2 Å². The smallest absolute Gasteiger partial charge is 0.230 e. The molecule has 7 heteroatoms. The van der Waals surface area contributed by atoms with E-state index in [1.54, 1.807) is 0 Å². The van der Waals surface area contributed by atoms with E-state index in [1.807, 2.05) is 13.0 Å². The van der Waals surface area contributed by atoms with Gasteiger partial charge < -0.3 is 10.3 Å². The highest BCUT2D eigenvalue weighted by atomic mass is 79.9. The molecule has 3 aromatic rings. The maximum Gasteiger partial charge on any atom is 0.230 e. The third kappa shape index (κ3) is 2.58. The Balaban J connectivity index is 2.21. The van der Waals surface area contributed by atoms with E-state index in [1.165, 1.54) is 23.5 Å². The quantitative estimate of drug-likeness (QED) is 0.690. The summed E-state index contributed by atoms with van der Waals surface area (Å²) in [5, 5.41) is 3.92. The van der Waals surface area contributed by atoms with Gasteiger partial charge in [0.25, 0.3) is 0 Å². The first-order valence-electron chi connectivity index (χ1n) is 5.93. The summed E-state index contributed by atoms with van der Waals surface area (Å²) in [6.07, 6.45) is 0. The fourth-order valence-corrected chi connectivity index (χ4v) is 3.55. The number of benzene rings is 1. The number of nitrogen functional groups attached to an aromatic ring is 1. The Kier molecular flexibility index (Phi) is 3.54. The number of hydrogen-bond acceptors (Lipinski definition) is 4. The van der Waals surface area contributed by atoms with Crippen LogP contribution in [0.5, 0.6) is 0 Å². The molecular weight excluding hydrogens is 362 g/mol. The second-order valence-corrected chi connectivity index (χ2v) is 6.87. The molecular formula is C14H9BrF2N2OS. The number of thiophene rings is 1. The van der Waals surface area contributed by atoms with Gasteiger partial charge in [0.05, 0.1) is 14.2 Å². The zero-order chi connectivity index (χ0) is 15.1. The summed E-state index contributed by atoms with van der Waals surface area (Å²) in [4.78, 5) is 0.805. The zero-order valence-corrected chi connectivity index (χ0v) is 13.2. The molecule has 0 saturated heterocycles. The Bertz CT molecular complexity index is 789. The van der Waals surface area contributed by atoms with Gasteiger partial charge in [0.15, 0.2) is 0 Å². The molecule has 0 unspecified atom stereocenters. The Morgan fingerprint density at radius 2 is 1.86 bits per heavy atom. The number of nitrogens with zero attached hydrogens (tertiary/aromatic N) is 1. The number of aromatic nitrogens is 1. The summed E-state index contributed by atoms with van der Waals surface area (Å²) in [7, 11) is 0. The van der Waals surface area contributed by atoms with Gasteiger partial charge in [-0.25, -0.2) is 8.78 Å². The van der Waals surface area contributed by atoms with Crippen molar-refractivity contribution in [2.45, 2.75) is 6.92 Å². The van der Waals surface area contributed by atoms with Gasteiger partial charge in [0.1, 0.15) is 17.3 Å². The molecule has 0 spiro atoms. The van der Waals surface area contributed by atoms with Crippen LogP contribution in [-0.4, -0.2) is 5.16 Å². The average molecular weight is 371 g/mol. The van der Waals surface area contributed by atoms with Crippen LogP contribution in [0.2, 0.25) is 0 Å². The minimum Gasteiger partial charge on any atom is -0.367 e. The third-order valence-electron chi connectivity index (χ3n) is 2.96. The number of rotatable bonds is 2. The summed E-state index contributed by atoms with van der Waals surface area (Å²) in [5.41, 5.74) is 7.96. The number of nitrogens with two attached hydrogens (primary N) is 1. The van der Waals surface area contributed by atoms with E-state index in [-0.39, 0.29) is 5.88 Å². The number of hydrogen-bond donors (Lipinski definition) is 1. The van der Waals surface area contributed by atoms with Crippen LogP contribution < -0.4 is 5.73 Å². The Hall–Kier alpha value is -1.73. The molecule has 2 heterocycles. The van der Waals surface area contributed by atoms with Crippen LogP contribution in [0.15, 0.2) is 32.6 Å². The summed E-state index contributed by atoms with van der Waals surface area (Å²) >= 11 is 4.88. The lowest BCUT2D eigenvalue weighted by atomic mass is 10.0. The Morgan fingerprint density at radius 1 is 1.19 bits per heavy atom. The van der Waals surface area contributed by atoms with E-state index < -0.39 is 11.6 Å². The molecule has 0 aliphatic heterocycles. The van der Waals surface area contributed by atoms with Crippen molar-refractivity contribution >= 4 is 33.2 Å². The SMILES string of the molecule is Cc1cc(-c2noc(N)c2-c2cc(F)cc(F)c2)sc1Br. The van der Waals surface area contributed by atoms with E-state index in [0.717, 1.165) is 20.3 Å². The van der Waals surface area contributed by atoms with Crippen LogP contribution in [0.3, 0.4) is 0 Å². The molecule has 3 nitrogen and oxygen atoms in total. The summed E-state index contributed by atoms with van der Waals surface area (Å²) in [6.45, 7) is 1.94. The fraction of sp³-hybridized carbons (Fsp3) is 0.0714. The van der Waals surface area contributed by atoms with E-state index in [0.29, 0.717) is 16.8 Å². The van der Waals surface area contributed by atoms with Crippen LogP contribution in [0, 0.1) is 18.6 Å². The number of halogens is 3. The molecule has 21 heavy (non-hydrogen) atoms. The Morgan fingerprint density at radius 3 is 2.43 bits per heavy atom. The highest BCUT2D eigenvalue weighted by Crippen LogP contribution is 2.41. The van der Waals surface area contributed by atoms with Gasteiger partial charge in [0, 0.05) is 6.07 Å². The minimum atomic E-state index is -0.680. The third-order valence-corrected chi connectivity index (χ3v) is 5.10. The summed E-state index contributed by atoms with van der Waals surface area (Å²) in [6, 6.07) is 5.11. The summed E-state index contributed by atoms with van der Waals surface area (Å²) < 4.78 is 32.8. The van der Waals surface area contributed by atoms with E-state index in [9.17, 15) is 8.78 Å². The molecule has 108 valence electrons. The molecule has 0 saturated carbocycles. The second kappa shape index (κ2) is 5.23. The standard InChI is InChI=1S/C14H9BrF2N2OS/c1-6-2-10(21-13(6)15)12-11(14(18)20-19-12)7-3-8(16)5-9(17)4-7/h2-5H,18H2,1H3. The van der Waals surface area contributed by atoms with Crippen molar-refractivity contribution < 1.29 is 13.3 Å². The first kappa shape index (κ1) is 14.2. The van der Waals surface area contributed by atoms with Gasteiger partial charge in [-0.3, -0.25) is 0 Å². The maximum atomic E-state index is 13.4. The molecule has 0 radical (unpaired) electrons. The first-order chi connectivity index (χ1) is 9.95. The molecule has 0 fully saturated rings. The predicted octanol–water partition coefficient (Wildman–Crippen LogP) is 5.00. The minimum absolute atomic E-state index is 0.0252. The first-order valence-corrected chi connectivity index (χ1v) is 7.54. The molecule has 0 bridgehead atoms. The maximum absolute atomic E-state index is 13.4. The zero-order valence-electron chi connectivity index (χ0n) is 10.8. The van der Waals surface area contributed by atoms with Gasteiger partial charge in [-0.2, -0.15) is 0 Å². The fourth-order valence-electron chi connectivity index (χ4n) is 2.02. The van der Waals surface area contributed by atoms with Crippen molar-refractivity contribution in [1.82, 2.24) is 5.16 Å². The lowest BCUT2D eigenvalue weighted by Crippen LogP contribution is -1.89. The van der Waals surface area contributed by atoms with E-state index in [4.69, 9.17) is 10.3 Å². The average Bonchev–Trinajstić information content (AvgIpc) is 2.92. The Labute approximate surface area is 131 Å². The largest absolute Gasteiger partial charge is 0.367 e. The van der Waals surface area contributed by atoms with Gasteiger partial charge in [0.2, 0.25) is 5.88 Å². The van der Waals surface area contributed by atoms with Crippen LogP contribution in [0.25, 0.3) is 21.7 Å². The van der Waals surface area contributed by atoms with Gasteiger partial charge in [-0.1, -0.05) is 5.16 Å². The van der Waals surface area contributed by atoms with E-state index >= 15 is 0 Å². The van der Waals surface area contributed by atoms with Crippen molar-refractivity contribution in [3.63, 3.8) is 0 Å². The molecule has 0 atom stereocenters. The lowest BCUT2D eigenvalue weighted by molar-refractivity contribution is 0.439. The molecule has 0 aliphatic carbocycles. The van der Waals surface area contributed by atoms with Crippen molar-refractivity contribution in [2.75, 3.05) is 5.73 Å². The topological polar surface area (TPSA) is 52.0 Å². The van der Waals surface area contributed by atoms with Crippen molar-refractivity contribution in [2.24, 2.45) is 0 Å². The molecule has 0 aliphatic rings. The van der Waals surface area contributed by atoms with Crippen LogP contribution in [-0.2, 0) is 0 Å². The van der Waals surface area contributed by atoms with Crippen LogP contribution >= 0.6 is 27.3 Å². The monoisotopic (exact) mass is 370 g/mol. The van der Waals surface area contributed by atoms with Crippen molar-refractivity contribution in [3.8, 4) is 21.7 Å². The highest BCUT2D eigenvalue weighted by Gasteiger charge is 2.20. The lowest BCUT2D eigenvalue weighted by Gasteiger charge is -2.02. The normalized spacial score (nSPS) is 11.0. The number of anilines is 1. The van der Waals surface area contributed by atoms with Crippen LogP contribution in [0.1, 0.15) is 5.56 Å². The molecule has 3 rings (SSSR count). The molecule has 1 aromatic carbocycles. The molecule has 2 N–H and O–H groups in total. The summed E-state index contributed by atoms with van der Waals surface area (Å²) in [5.74, 6) is -1.34. The molecule has 0 amide bonds. The van der Waals surface area contributed by atoms with Crippen LogP contribution in [0.4, 0.5) is 14.7 Å². The van der Waals surface area contributed by atoms with E-state index in [2.05, 4.69) is 21.1 Å². The van der Waals surface area contributed by atoms with Gasteiger partial charge in [-0.05, 0) is 52.2 Å². The van der Waals surface area contributed by atoms with Gasteiger partial charge >= 0.3 is 0 Å². The number of aryl methyl sites for hydroxylation is 1. The van der Waals surface area contributed by atoms with Gasteiger partial charge in [-0.15, -0.1) is 11.3 Å². The predicted molar refractivity (Wildman–Crippen MR) is 82.0 cm³/mol. The molecule has 2 aromatic heterocycles. The second-order valence-electron chi connectivity index (χ2n) is 4.50.